The van der Waals surface area contributed by atoms with E-state index in [-0.39, 0.29) is 0 Å². The minimum Gasteiger partial charge on any atom is -0.456 e. The lowest BCUT2D eigenvalue weighted by Gasteiger charge is -2.17. The van der Waals surface area contributed by atoms with Gasteiger partial charge in [-0.25, -0.2) is 29.9 Å². The molecule has 0 saturated heterocycles. The van der Waals surface area contributed by atoms with Crippen molar-refractivity contribution >= 4 is 109 Å². The topological polar surface area (TPSA) is 104 Å². The largest absolute Gasteiger partial charge is 0.456 e. The van der Waals surface area contributed by atoms with E-state index < -0.39 is 0 Å². The van der Waals surface area contributed by atoms with Crippen molar-refractivity contribution in [3.8, 4) is 135 Å². The molecule has 538 valence electrons. The Kier molecular flexibility index (Phi) is 15.5. The molecule has 19 aromatic carbocycles. The van der Waals surface area contributed by atoms with Gasteiger partial charge in [-0.1, -0.05) is 315 Å². The van der Waals surface area contributed by atoms with Gasteiger partial charge in [0.15, 0.2) is 34.9 Å². The maximum Gasteiger partial charge on any atom is 0.164 e. The van der Waals surface area contributed by atoms with E-state index in [0.29, 0.717) is 34.9 Å². The molecule has 0 bridgehead atoms. The van der Waals surface area contributed by atoms with Gasteiger partial charge in [-0.05, 0) is 204 Å². The van der Waals surface area contributed by atoms with E-state index in [0.717, 1.165) is 138 Å². The molecular formula is C108H64N6O2. The zero-order valence-electron chi connectivity index (χ0n) is 62.5. The van der Waals surface area contributed by atoms with Crippen molar-refractivity contribution < 1.29 is 8.83 Å². The summed E-state index contributed by atoms with van der Waals surface area (Å²) in [4.78, 5) is 30.6. The molecule has 0 atom stereocenters. The molecule has 23 aromatic rings. The Labute approximate surface area is 666 Å². The highest BCUT2D eigenvalue weighted by Gasteiger charge is 2.22. The number of nitrogens with zero attached hydrogens (tertiary/aromatic N) is 6. The van der Waals surface area contributed by atoms with E-state index in [9.17, 15) is 0 Å². The molecule has 116 heavy (non-hydrogen) atoms. The highest BCUT2D eigenvalue weighted by Crippen LogP contribution is 2.46. The fraction of sp³-hybridized carbons (Fsp3) is 0. The third-order valence-corrected chi connectivity index (χ3v) is 23.2. The number of hydrogen-bond donors (Lipinski definition) is 0. The normalized spacial score (nSPS) is 11.8. The van der Waals surface area contributed by atoms with E-state index in [1.165, 1.54) is 70.2 Å². The Bertz CT molecular complexity index is 7860. The van der Waals surface area contributed by atoms with Crippen LogP contribution in [0.1, 0.15) is 0 Å². The molecule has 0 fully saturated rings. The van der Waals surface area contributed by atoms with E-state index in [1.807, 2.05) is 91.0 Å². The van der Waals surface area contributed by atoms with E-state index in [1.54, 1.807) is 0 Å². The molecule has 0 radical (unpaired) electrons. The van der Waals surface area contributed by atoms with Gasteiger partial charge in [0.05, 0.1) is 0 Å². The van der Waals surface area contributed by atoms with Crippen LogP contribution < -0.4 is 0 Å². The molecule has 8 nitrogen and oxygen atoms in total. The quantitative estimate of drug-likeness (QED) is 0.111. The van der Waals surface area contributed by atoms with Crippen LogP contribution in [0.5, 0.6) is 0 Å². The lowest BCUT2D eigenvalue weighted by atomic mass is 9.87. The second-order valence-corrected chi connectivity index (χ2v) is 29.9. The molecule has 8 heteroatoms. The smallest absolute Gasteiger partial charge is 0.164 e. The Morgan fingerprint density at radius 1 is 0.121 bits per heavy atom. The highest BCUT2D eigenvalue weighted by molar-refractivity contribution is 6.28. The standard InChI is InChI=1S/C108H64N6O2/c1-4-21-66(22-5-1)103-109-104(67-23-6-2-7-24-67)112-107(111-103)77-47-54-93-98-62-76(49-56-100(98)116-102(93)64-77)80-30-11-13-32-82(80)81-31-12-10-29-79(81)75-45-52-91-87-37-17-16-36-86(87)90-50-43-72(58-95(90)96(91)61-75)65-39-41-69(42-40-65)106-110-105(68-25-8-3-9-26-68)113-108(114-106)78-46-53-92-97-60-74(48-55-99(97)115-101(92)63-78)71-28-20-27-70(57-71)73-44-51-89-85-35-15-14-33-83(85)84-34-18-19-38-88(84)94(89)59-73/h1-64H. The minimum atomic E-state index is 0.555. The molecule has 0 unspecified atom stereocenters. The SMILES string of the molecule is c1ccc(-c2nc(-c3ccc(-c4ccc5c6ccccc6c6ccc(-c7ccccc7-c7ccccc7-c7ccc8oc9cc(-c%10nc(-c%11ccccc%11)nc(-c%11ccccc%11)n%10)ccc9c8c7)cc6c5c4)cc3)nc(-c3ccc4c(c3)oc3ccc(-c5cccc(-c6ccc7c8ccccc8c8ccccc8c7c6)c5)cc34)n2)cc1. The number of rotatable bonds is 12. The van der Waals surface area contributed by atoms with E-state index >= 15 is 0 Å². The number of benzene rings is 19. The van der Waals surface area contributed by atoms with Gasteiger partial charge in [-0.15, -0.1) is 0 Å². The molecular weight excluding hydrogens is 1410 g/mol. The van der Waals surface area contributed by atoms with Gasteiger partial charge in [0.2, 0.25) is 0 Å². The zero-order chi connectivity index (χ0) is 76.3. The van der Waals surface area contributed by atoms with E-state index in [4.69, 9.17) is 38.7 Å². The second kappa shape index (κ2) is 27.1. The van der Waals surface area contributed by atoms with Gasteiger partial charge in [0.1, 0.15) is 22.3 Å². The summed E-state index contributed by atoms with van der Waals surface area (Å²) in [5.41, 5.74) is 21.9. The molecule has 0 amide bonds. The first-order valence-corrected chi connectivity index (χ1v) is 39.2. The summed E-state index contributed by atoms with van der Waals surface area (Å²) in [5.74, 6) is 3.51. The third-order valence-electron chi connectivity index (χ3n) is 23.2. The van der Waals surface area contributed by atoms with Crippen LogP contribution >= 0.6 is 0 Å². The van der Waals surface area contributed by atoms with Crippen molar-refractivity contribution in [1.82, 2.24) is 29.9 Å². The van der Waals surface area contributed by atoms with Crippen molar-refractivity contribution in [3.63, 3.8) is 0 Å². The van der Waals surface area contributed by atoms with Crippen molar-refractivity contribution in [1.29, 1.82) is 0 Å². The Morgan fingerprint density at radius 2 is 0.362 bits per heavy atom. The van der Waals surface area contributed by atoms with Crippen LogP contribution in [-0.2, 0) is 0 Å². The molecule has 0 N–H and O–H groups in total. The Hall–Kier alpha value is -15.6. The summed E-state index contributed by atoms with van der Waals surface area (Å²) in [7, 11) is 0. The number of hydrogen-bond acceptors (Lipinski definition) is 8. The summed E-state index contributed by atoms with van der Waals surface area (Å²) in [6, 6.07) is 138. The maximum absolute atomic E-state index is 6.70. The lowest BCUT2D eigenvalue weighted by Crippen LogP contribution is -2.00. The number of furan rings is 2. The molecule has 0 aliphatic heterocycles. The summed E-state index contributed by atoms with van der Waals surface area (Å²) in [5, 5.41) is 18.9. The van der Waals surface area contributed by atoms with Gasteiger partial charge in [-0.2, -0.15) is 0 Å². The van der Waals surface area contributed by atoms with Gasteiger partial charge in [0.25, 0.3) is 0 Å². The fourth-order valence-corrected chi connectivity index (χ4v) is 17.5. The molecule has 0 spiro atoms. The van der Waals surface area contributed by atoms with Crippen LogP contribution in [0, 0.1) is 0 Å². The molecule has 4 aromatic heterocycles. The predicted molar refractivity (Wildman–Crippen MR) is 478 cm³/mol. The highest BCUT2D eigenvalue weighted by atomic mass is 16.3. The van der Waals surface area contributed by atoms with Gasteiger partial charge in [0, 0.05) is 54.9 Å². The molecule has 0 saturated carbocycles. The molecule has 23 rings (SSSR count). The summed E-state index contributed by atoms with van der Waals surface area (Å²) in [6.45, 7) is 0. The first kappa shape index (κ1) is 66.2. The van der Waals surface area contributed by atoms with Crippen LogP contribution in [-0.4, -0.2) is 29.9 Å². The van der Waals surface area contributed by atoms with Crippen molar-refractivity contribution in [2.45, 2.75) is 0 Å². The van der Waals surface area contributed by atoms with Crippen molar-refractivity contribution in [2.75, 3.05) is 0 Å². The first-order chi connectivity index (χ1) is 57.4. The van der Waals surface area contributed by atoms with Gasteiger partial charge in [-0.3, -0.25) is 0 Å². The summed E-state index contributed by atoms with van der Waals surface area (Å²) in [6.07, 6.45) is 0. The van der Waals surface area contributed by atoms with Gasteiger partial charge >= 0.3 is 0 Å². The van der Waals surface area contributed by atoms with Crippen molar-refractivity contribution in [3.05, 3.63) is 388 Å². The van der Waals surface area contributed by atoms with Crippen LogP contribution in [0.15, 0.2) is 397 Å². The zero-order valence-corrected chi connectivity index (χ0v) is 62.5. The number of aromatic nitrogens is 6. The third kappa shape index (κ3) is 11.4. The van der Waals surface area contributed by atoms with E-state index in [2.05, 4.69) is 297 Å². The minimum absolute atomic E-state index is 0.555. The summed E-state index contributed by atoms with van der Waals surface area (Å²) >= 11 is 0. The van der Waals surface area contributed by atoms with Crippen LogP contribution in [0.4, 0.5) is 0 Å². The van der Waals surface area contributed by atoms with Crippen LogP contribution in [0.2, 0.25) is 0 Å². The Balaban J connectivity index is 0.558. The Morgan fingerprint density at radius 3 is 0.784 bits per heavy atom. The molecule has 0 aliphatic rings. The second-order valence-electron chi connectivity index (χ2n) is 29.9. The summed E-state index contributed by atoms with van der Waals surface area (Å²) < 4.78 is 13.4. The number of fused-ring (bicyclic) bond motifs is 18. The molecule has 4 heterocycles. The van der Waals surface area contributed by atoms with Gasteiger partial charge < -0.3 is 8.83 Å². The van der Waals surface area contributed by atoms with Crippen LogP contribution in [0.3, 0.4) is 0 Å². The maximum atomic E-state index is 6.70. The average molecular weight is 1480 g/mol. The average Bonchev–Trinajstić information content (AvgIpc) is 0.948. The van der Waals surface area contributed by atoms with Crippen molar-refractivity contribution in [2.24, 2.45) is 0 Å². The lowest BCUT2D eigenvalue weighted by molar-refractivity contribution is 0.668. The predicted octanol–water partition coefficient (Wildman–Crippen LogP) is 28.8. The first-order valence-electron chi connectivity index (χ1n) is 39.2. The van der Waals surface area contributed by atoms with Crippen LogP contribution in [0.25, 0.3) is 244 Å². The molecule has 0 aliphatic carbocycles. The fourth-order valence-electron chi connectivity index (χ4n) is 17.5. The monoisotopic (exact) mass is 1480 g/mol.